The van der Waals surface area contributed by atoms with Gasteiger partial charge >= 0.3 is 6.03 Å². The second-order valence-corrected chi connectivity index (χ2v) is 6.71. The van der Waals surface area contributed by atoms with E-state index in [1.165, 1.54) is 4.90 Å². The second-order valence-electron chi connectivity index (χ2n) is 6.71. The molecule has 0 spiro atoms. The van der Waals surface area contributed by atoms with Crippen LogP contribution in [0.4, 0.5) is 10.5 Å². The van der Waals surface area contributed by atoms with Crippen LogP contribution in [0, 0.1) is 6.92 Å². The Hall–Kier alpha value is -2.74. The van der Waals surface area contributed by atoms with E-state index in [0.29, 0.717) is 23.9 Å². The highest BCUT2D eigenvalue weighted by molar-refractivity contribution is 6.19. The number of benzene rings is 1. The molecule has 2 aromatic rings. The van der Waals surface area contributed by atoms with Crippen LogP contribution in [0.2, 0.25) is 0 Å². The molecule has 26 heavy (non-hydrogen) atoms. The van der Waals surface area contributed by atoms with Crippen molar-refractivity contribution < 1.29 is 14.1 Å². The molecule has 0 aliphatic carbocycles. The number of para-hydroxylation sites is 1. The van der Waals surface area contributed by atoms with Crippen molar-refractivity contribution in [1.29, 1.82) is 0 Å². The third-order valence-electron chi connectivity index (χ3n) is 4.94. The van der Waals surface area contributed by atoms with Crippen LogP contribution in [-0.4, -0.2) is 57.6 Å². The quantitative estimate of drug-likeness (QED) is 0.778. The smallest absolute Gasteiger partial charge is 0.332 e. The van der Waals surface area contributed by atoms with Gasteiger partial charge < -0.3 is 9.42 Å². The summed E-state index contributed by atoms with van der Waals surface area (Å²) in [5, 5.41) is 3.93. The molecule has 0 N–H and O–H groups in total. The minimum Gasteiger partial charge on any atom is -0.340 e. The van der Waals surface area contributed by atoms with E-state index in [2.05, 4.69) is 15.0 Å². The first kappa shape index (κ1) is 16.7. The zero-order valence-corrected chi connectivity index (χ0v) is 14.7. The van der Waals surface area contributed by atoms with Crippen LogP contribution >= 0.6 is 0 Å². The molecular weight excluding hydrogens is 334 g/mol. The van der Waals surface area contributed by atoms with Gasteiger partial charge in [0.15, 0.2) is 5.82 Å². The van der Waals surface area contributed by atoms with Gasteiger partial charge in [-0.15, -0.1) is 0 Å². The van der Waals surface area contributed by atoms with E-state index in [4.69, 9.17) is 4.52 Å². The highest BCUT2D eigenvalue weighted by Crippen LogP contribution is 2.26. The monoisotopic (exact) mass is 355 g/mol. The molecule has 136 valence electrons. The number of carbonyl (C=O) groups is 2. The molecule has 2 fully saturated rings. The van der Waals surface area contributed by atoms with E-state index in [9.17, 15) is 9.59 Å². The zero-order valence-electron chi connectivity index (χ0n) is 14.7. The number of hydrogen-bond donors (Lipinski definition) is 0. The molecule has 2 aliphatic rings. The van der Waals surface area contributed by atoms with Crippen molar-refractivity contribution in [2.24, 2.45) is 0 Å². The lowest BCUT2D eigenvalue weighted by Crippen LogP contribution is -2.46. The first-order valence-electron chi connectivity index (χ1n) is 8.82. The van der Waals surface area contributed by atoms with Crippen LogP contribution < -0.4 is 4.90 Å². The summed E-state index contributed by atoms with van der Waals surface area (Å²) in [6, 6.07) is 8.97. The molecule has 1 aromatic carbocycles. The number of rotatable bonds is 4. The van der Waals surface area contributed by atoms with E-state index in [-0.39, 0.29) is 24.5 Å². The molecule has 3 heterocycles. The topological polar surface area (TPSA) is 82.8 Å². The summed E-state index contributed by atoms with van der Waals surface area (Å²) in [7, 11) is 0. The molecule has 2 aliphatic heterocycles. The molecule has 4 rings (SSSR count). The van der Waals surface area contributed by atoms with Gasteiger partial charge in [-0.2, -0.15) is 4.98 Å². The number of amides is 3. The molecule has 1 aromatic heterocycles. The molecule has 0 unspecified atom stereocenters. The Morgan fingerprint density at radius 1 is 1.15 bits per heavy atom. The highest BCUT2D eigenvalue weighted by Gasteiger charge is 2.41. The molecule has 0 atom stereocenters. The van der Waals surface area contributed by atoms with Gasteiger partial charge in [-0.25, -0.2) is 9.69 Å². The third kappa shape index (κ3) is 3.20. The number of hydrogen-bond acceptors (Lipinski definition) is 6. The van der Waals surface area contributed by atoms with Crippen LogP contribution in [0.3, 0.4) is 0 Å². The Bertz CT molecular complexity index is 798. The Morgan fingerprint density at radius 3 is 2.54 bits per heavy atom. The fraction of sp³-hybridized carbons (Fsp3) is 0.444. The van der Waals surface area contributed by atoms with Crippen LogP contribution in [-0.2, 0) is 11.3 Å². The molecule has 0 saturated carbocycles. The summed E-state index contributed by atoms with van der Waals surface area (Å²) in [5.74, 6) is 1.09. The van der Waals surface area contributed by atoms with Crippen molar-refractivity contribution in [3.63, 3.8) is 0 Å². The molecule has 3 amide bonds. The largest absolute Gasteiger partial charge is 0.340 e. The number of piperidine rings is 1. The Balaban J connectivity index is 1.37. The van der Waals surface area contributed by atoms with Crippen molar-refractivity contribution in [3.05, 3.63) is 42.0 Å². The Labute approximate surface area is 151 Å². The highest BCUT2D eigenvalue weighted by atomic mass is 16.5. The number of carbonyl (C=O) groups excluding carboxylic acids is 2. The average molecular weight is 355 g/mol. The molecule has 8 nitrogen and oxygen atoms in total. The standard InChI is InChI=1S/C18H21N5O3/c1-13-19-16(20-26-13)11-21-9-7-14(8-10-21)22-12-17(24)23(18(22)25)15-5-3-2-4-6-15/h2-6,14H,7-12H2,1H3. The maximum Gasteiger partial charge on any atom is 0.332 e. The summed E-state index contributed by atoms with van der Waals surface area (Å²) in [6.07, 6.45) is 1.66. The average Bonchev–Trinajstić information content (AvgIpc) is 3.19. The number of aromatic nitrogens is 2. The fourth-order valence-electron chi connectivity index (χ4n) is 3.63. The van der Waals surface area contributed by atoms with Crippen molar-refractivity contribution in [2.75, 3.05) is 24.5 Å². The molecule has 0 bridgehead atoms. The summed E-state index contributed by atoms with van der Waals surface area (Å²) in [6.45, 7) is 4.25. The summed E-state index contributed by atoms with van der Waals surface area (Å²) >= 11 is 0. The van der Waals surface area contributed by atoms with Crippen LogP contribution in [0.1, 0.15) is 24.6 Å². The normalized spacial score (nSPS) is 19.6. The molecule has 2 saturated heterocycles. The lowest BCUT2D eigenvalue weighted by atomic mass is 10.0. The number of imide groups is 1. The third-order valence-corrected chi connectivity index (χ3v) is 4.94. The van der Waals surface area contributed by atoms with Gasteiger partial charge in [-0.05, 0) is 25.0 Å². The summed E-state index contributed by atoms with van der Waals surface area (Å²) in [4.78, 5) is 34.6. The summed E-state index contributed by atoms with van der Waals surface area (Å²) < 4.78 is 5.00. The number of nitrogens with zero attached hydrogens (tertiary/aromatic N) is 5. The Kier molecular flexibility index (Phi) is 4.42. The predicted octanol–water partition coefficient (Wildman–Crippen LogP) is 1.81. The maximum atomic E-state index is 12.8. The lowest BCUT2D eigenvalue weighted by molar-refractivity contribution is -0.116. The van der Waals surface area contributed by atoms with Gasteiger partial charge in [0.1, 0.15) is 6.54 Å². The lowest BCUT2D eigenvalue weighted by Gasteiger charge is -2.35. The number of anilines is 1. The Morgan fingerprint density at radius 2 is 1.88 bits per heavy atom. The fourth-order valence-corrected chi connectivity index (χ4v) is 3.63. The van der Waals surface area contributed by atoms with E-state index in [0.717, 1.165) is 25.9 Å². The minimum absolute atomic E-state index is 0.0865. The summed E-state index contributed by atoms with van der Waals surface area (Å²) in [5.41, 5.74) is 0.634. The maximum absolute atomic E-state index is 12.8. The van der Waals surface area contributed by atoms with Crippen LogP contribution in [0.15, 0.2) is 34.9 Å². The van der Waals surface area contributed by atoms with E-state index >= 15 is 0 Å². The van der Waals surface area contributed by atoms with Gasteiger partial charge in [-0.1, -0.05) is 23.4 Å². The van der Waals surface area contributed by atoms with Gasteiger partial charge in [0.05, 0.1) is 12.2 Å². The van der Waals surface area contributed by atoms with E-state index in [1.54, 1.807) is 24.0 Å². The minimum atomic E-state index is -0.214. The molecule has 8 heteroatoms. The zero-order chi connectivity index (χ0) is 18.1. The predicted molar refractivity (Wildman–Crippen MR) is 93.4 cm³/mol. The van der Waals surface area contributed by atoms with Crippen molar-refractivity contribution >= 4 is 17.6 Å². The van der Waals surface area contributed by atoms with Crippen LogP contribution in [0.5, 0.6) is 0 Å². The van der Waals surface area contributed by atoms with Crippen molar-refractivity contribution in [3.8, 4) is 0 Å². The first-order valence-corrected chi connectivity index (χ1v) is 8.82. The first-order chi connectivity index (χ1) is 12.6. The van der Waals surface area contributed by atoms with Gasteiger partial charge in [0.25, 0.3) is 5.91 Å². The van der Waals surface area contributed by atoms with Crippen molar-refractivity contribution in [1.82, 2.24) is 19.9 Å². The van der Waals surface area contributed by atoms with E-state index in [1.807, 2.05) is 18.2 Å². The number of likely N-dealkylation sites (tertiary alicyclic amines) is 1. The van der Waals surface area contributed by atoms with E-state index < -0.39 is 0 Å². The second kappa shape index (κ2) is 6.87. The van der Waals surface area contributed by atoms with Gasteiger partial charge in [-0.3, -0.25) is 9.69 Å². The van der Waals surface area contributed by atoms with Crippen molar-refractivity contribution in [2.45, 2.75) is 32.4 Å². The molecular formula is C18H21N5O3. The number of urea groups is 1. The van der Waals surface area contributed by atoms with Gasteiger partial charge in [0.2, 0.25) is 5.89 Å². The molecule has 0 radical (unpaired) electrons. The van der Waals surface area contributed by atoms with Crippen LogP contribution in [0.25, 0.3) is 0 Å². The van der Waals surface area contributed by atoms with Gasteiger partial charge in [0, 0.05) is 26.1 Å². The SMILES string of the molecule is Cc1nc(CN2CCC(N3CC(=O)N(c4ccccc4)C3=O)CC2)no1. The number of aryl methyl sites for hydroxylation is 1.